The van der Waals surface area contributed by atoms with Crippen LogP contribution in [0, 0.1) is 0 Å². The Balaban J connectivity index is 2.40. The van der Waals surface area contributed by atoms with Crippen molar-refractivity contribution in [3.63, 3.8) is 0 Å². The van der Waals surface area contributed by atoms with E-state index in [0.717, 1.165) is 0 Å². The van der Waals surface area contributed by atoms with Crippen molar-refractivity contribution in [3.8, 4) is 0 Å². The molecule has 0 radical (unpaired) electrons. The predicted molar refractivity (Wildman–Crippen MR) is 47.3 cm³/mol. The highest BCUT2D eigenvalue weighted by molar-refractivity contribution is 8.00. The number of hydrogen-bond acceptors (Lipinski definition) is 2. The van der Waals surface area contributed by atoms with E-state index in [1.54, 1.807) is 18.0 Å². The summed E-state index contributed by atoms with van der Waals surface area (Å²) in [5, 5.41) is 5.97. The highest BCUT2D eigenvalue weighted by atomic mass is 32.2. The van der Waals surface area contributed by atoms with Crippen LogP contribution in [0.15, 0.2) is 12.3 Å². The lowest BCUT2D eigenvalue weighted by atomic mass is 10.5. The Hall–Kier alpha value is -0.640. The van der Waals surface area contributed by atoms with Gasteiger partial charge in [0.25, 0.3) is 0 Å². The fourth-order valence-electron chi connectivity index (χ4n) is 0.803. The van der Waals surface area contributed by atoms with Crippen molar-refractivity contribution in [3.05, 3.63) is 12.3 Å². The van der Waals surface area contributed by atoms with E-state index >= 15 is 0 Å². The molecule has 0 saturated heterocycles. The van der Waals surface area contributed by atoms with Gasteiger partial charge in [-0.1, -0.05) is 13.8 Å². The molecule has 1 rings (SSSR count). The zero-order chi connectivity index (χ0) is 8.27. The first-order valence-electron chi connectivity index (χ1n) is 3.57. The van der Waals surface area contributed by atoms with Crippen LogP contribution in [0.2, 0.25) is 0 Å². The van der Waals surface area contributed by atoms with Gasteiger partial charge in [-0.3, -0.25) is 0 Å². The Kier molecular flexibility index (Phi) is 2.82. The normalized spacial score (nSPS) is 23.2. The van der Waals surface area contributed by atoms with E-state index < -0.39 is 0 Å². The second-order valence-corrected chi connectivity index (χ2v) is 4.31. The molecule has 0 spiro atoms. The number of urea groups is 1. The summed E-state index contributed by atoms with van der Waals surface area (Å²) < 4.78 is 0. The standard InChI is InChI=1S/C7H12N2OS/c1-5(2)11-6-3-4-8-7(10)9-6/h3-6H,1-2H3,(H2,8,9,10)/t6-/m1/s1. The van der Waals surface area contributed by atoms with Crippen LogP contribution in [0.1, 0.15) is 13.8 Å². The third kappa shape index (κ3) is 2.84. The van der Waals surface area contributed by atoms with Crippen LogP contribution >= 0.6 is 11.8 Å². The molecule has 2 N–H and O–H groups in total. The van der Waals surface area contributed by atoms with Gasteiger partial charge < -0.3 is 10.6 Å². The molecule has 0 saturated carbocycles. The fraction of sp³-hybridized carbons (Fsp3) is 0.571. The molecule has 0 aliphatic carbocycles. The lowest BCUT2D eigenvalue weighted by Crippen LogP contribution is -2.41. The quantitative estimate of drug-likeness (QED) is 0.658. The maximum absolute atomic E-state index is 10.8. The Morgan fingerprint density at radius 1 is 1.64 bits per heavy atom. The smallest absolute Gasteiger partial charge is 0.319 e. The molecule has 1 aliphatic heterocycles. The number of carbonyl (C=O) groups excluding carboxylic acids is 1. The maximum Gasteiger partial charge on any atom is 0.319 e. The first-order valence-corrected chi connectivity index (χ1v) is 4.52. The summed E-state index contributed by atoms with van der Waals surface area (Å²) in [5.74, 6) is 0. The molecule has 0 fully saturated rings. The zero-order valence-electron chi connectivity index (χ0n) is 6.63. The summed E-state index contributed by atoms with van der Waals surface area (Å²) >= 11 is 1.72. The molecular formula is C7H12N2OS. The minimum Gasteiger partial charge on any atom is -0.323 e. The van der Waals surface area contributed by atoms with Crippen molar-refractivity contribution in [2.24, 2.45) is 0 Å². The van der Waals surface area contributed by atoms with Crippen molar-refractivity contribution in [2.75, 3.05) is 0 Å². The molecule has 4 heteroatoms. The topological polar surface area (TPSA) is 41.1 Å². The van der Waals surface area contributed by atoms with Crippen LogP contribution in [-0.2, 0) is 0 Å². The van der Waals surface area contributed by atoms with E-state index in [-0.39, 0.29) is 11.4 Å². The van der Waals surface area contributed by atoms with Crippen molar-refractivity contribution < 1.29 is 4.79 Å². The molecule has 1 aliphatic rings. The van der Waals surface area contributed by atoms with Crippen molar-refractivity contribution in [1.82, 2.24) is 10.6 Å². The van der Waals surface area contributed by atoms with Gasteiger partial charge in [0.1, 0.15) is 0 Å². The fourth-order valence-corrected chi connectivity index (χ4v) is 1.73. The van der Waals surface area contributed by atoms with E-state index in [1.807, 2.05) is 6.08 Å². The number of thioether (sulfide) groups is 1. The SMILES string of the molecule is CC(C)S[C@@H]1C=CNC(=O)N1. The highest BCUT2D eigenvalue weighted by Crippen LogP contribution is 2.16. The first kappa shape index (κ1) is 8.46. The number of rotatable bonds is 2. The van der Waals surface area contributed by atoms with Crippen LogP contribution in [0.3, 0.4) is 0 Å². The van der Waals surface area contributed by atoms with Gasteiger partial charge in [-0.25, -0.2) is 4.79 Å². The third-order valence-corrected chi connectivity index (χ3v) is 2.29. The van der Waals surface area contributed by atoms with Gasteiger partial charge in [0.2, 0.25) is 0 Å². The van der Waals surface area contributed by atoms with Crippen molar-refractivity contribution >= 4 is 17.8 Å². The highest BCUT2D eigenvalue weighted by Gasteiger charge is 2.13. The molecule has 0 aromatic carbocycles. The van der Waals surface area contributed by atoms with Gasteiger partial charge in [-0.15, -0.1) is 11.8 Å². The minimum absolute atomic E-state index is 0.120. The average molecular weight is 172 g/mol. The molecule has 1 heterocycles. The summed E-state index contributed by atoms with van der Waals surface area (Å²) in [6, 6.07) is -0.120. The lowest BCUT2D eigenvalue weighted by Gasteiger charge is -2.19. The average Bonchev–Trinajstić information content (AvgIpc) is 1.85. The molecule has 62 valence electrons. The van der Waals surface area contributed by atoms with Crippen molar-refractivity contribution in [2.45, 2.75) is 24.5 Å². The summed E-state index contributed by atoms with van der Waals surface area (Å²) in [6.07, 6.45) is 3.62. The molecule has 0 aromatic rings. The third-order valence-electron chi connectivity index (χ3n) is 1.18. The largest absolute Gasteiger partial charge is 0.323 e. The molecule has 2 amide bonds. The second-order valence-electron chi connectivity index (χ2n) is 2.58. The number of amides is 2. The number of nitrogens with one attached hydrogen (secondary N) is 2. The van der Waals surface area contributed by atoms with Crippen LogP contribution in [-0.4, -0.2) is 16.7 Å². The second kappa shape index (κ2) is 3.67. The van der Waals surface area contributed by atoms with E-state index in [9.17, 15) is 4.79 Å². The molecular weight excluding hydrogens is 160 g/mol. The van der Waals surface area contributed by atoms with E-state index in [0.29, 0.717) is 5.25 Å². The minimum atomic E-state index is -0.120. The van der Waals surface area contributed by atoms with Gasteiger partial charge >= 0.3 is 6.03 Å². The van der Waals surface area contributed by atoms with Gasteiger partial charge in [0.15, 0.2) is 0 Å². The molecule has 0 unspecified atom stereocenters. The predicted octanol–water partition coefficient (Wildman–Crippen LogP) is 1.28. The summed E-state index contributed by atoms with van der Waals surface area (Å²) in [6.45, 7) is 4.21. The van der Waals surface area contributed by atoms with Crippen molar-refractivity contribution in [1.29, 1.82) is 0 Å². The Morgan fingerprint density at radius 2 is 2.36 bits per heavy atom. The maximum atomic E-state index is 10.8. The van der Waals surface area contributed by atoms with Gasteiger partial charge in [0.05, 0.1) is 5.37 Å². The summed E-state index contributed by atoms with van der Waals surface area (Å²) in [4.78, 5) is 10.8. The Bertz CT molecular complexity index is 179. The zero-order valence-corrected chi connectivity index (χ0v) is 7.44. The molecule has 11 heavy (non-hydrogen) atoms. The van der Waals surface area contributed by atoms with E-state index in [2.05, 4.69) is 24.5 Å². The van der Waals surface area contributed by atoms with Crippen LogP contribution in [0.25, 0.3) is 0 Å². The Morgan fingerprint density at radius 3 is 2.91 bits per heavy atom. The summed E-state index contributed by atoms with van der Waals surface area (Å²) in [5.41, 5.74) is 0. The van der Waals surface area contributed by atoms with Crippen LogP contribution < -0.4 is 10.6 Å². The molecule has 1 atom stereocenters. The number of hydrogen-bond donors (Lipinski definition) is 2. The van der Waals surface area contributed by atoms with E-state index in [4.69, 9.17) is 0 Å². The summed E-state index contributed by atoms with van der Waals surface area (Å²) in [7, 11) is 0. The van der Waals surface area contributed by atoms with Gasteiger partial charge in [-0.05, 0) is 6.08 Å². The molecule has 0 aromatic heterocycles. The van der Waals surface area contributed by atoms with Crippen LogP contribution in [0.4, 0.5) is 4.79 Å². The molecule has 3 nitrogen and oxygen atoms in total. The Labute approximate surface area is 70.6 Å². The molecule has 0 bridgehead atoms. The van der Waals surface area contributed by atoms with Gasteiger partial charge in [-0.2, -0.15) is 0 Å². The monoisotopic (exact) mass is 172 g/mol. The van der Waals surface area contributed by atoms with Gasteiger partial charge in [0, 0.05) is 11.4 Å². The van der Waals surface area contributed by atoms with E-state index in [1.165, 1.54) is 0 Å². The van der Waals surface area contributed by atoms with Crippen LogP contribution in [0.5, 0.6) is 0 Å². The lowest BCUT2D eigenvalue weighted by molar-refractivity contribution is 0.243. The number of carbonyl (C=O) groups is 1. The first-order chi connectivity index (χ1) is 5.18.